The monoisotopic (exact) mass is 228 g/mol. The van der Waals surface area contributed by atoms with Crippen molar-refractivity contribution in [1.82, 2.24) is 4.98 Å². The number of nitrogens with zero attached hydrogens (tertiary/aromatic N) is 2. The number of rotatable bonds is 3. The van der Waals surface area contributed by atoms with Crippen molar-refractivity contribution in [1.29, 1.82) is 0 Å². The first-order valence-electron chi connectivity index (χ1n) is 4.96. The smallest absolute Gasteiger partial charge is 0.0630 e. The molecule has 0 aliphatic rings. The lowest BCUT2D eigenvalue weighted by molar-refractivity contribution is 1.32. The number of hydrogen-bond donors (Lipinski definition) is 0. The Hall–Kier alpha value is -1.61. The molecule has 0 saturated carbocycles. The van der Waals surface area contributed by atoms with Gasteiger partial charge in [0.25, 0.3) is 0 Å². The van der Waals surface area contributed by atoms with E-state index in [-0.39, 0.29) is 0 Å². The van der Waals surface area contributed by atoms with E-state index in [2.05, 4.69) is 28.4 Å². The summed E-state index contributed by atoms with van der Waals surface area (Å²) in [4.78, 5) is 9.60. The van der Waals surface area contributed by atoms with Gasteiger partial charge in [-0.2, -0.15) is 0 Å². The topological polar surface area (TPSA) is 25.2 Å². The van der Waals surface area contributed by atoms with Gasteiger partial charge in [0.15, 0.2) is 0 Å². The quantitative estimate of drug-likeness (QED) is 0.593. The fraction of sp³-hybridized carbons (Fsp3) is 0.0769. The first-order chi connectivity index (χ1) is 7.88. The molecule has 0 atom stereocenters. The second-order valence-electron chi connectivity index (χ2n) is 3.24. The fourth-order valence-corrected chi connectivity index (χ4v) is 1.68. The predicted molar refractivity (Wildman–Crippen MR) is 69.7 cm³/mol. The van der Waals surface area contributed by atoms with Crippen LogP contribution in [-0.2, 0) is 0 Å². The molecule has 0 aliphatic carbocycles. The van der Waals surface area contributed by atoms with E-state index < -0.39 is 0 Å². The van der Waals surface area contributed by atoms with E-state index in [1.807, 2.05) is 30.5 Å². The minimum Gasteiger partial charge on any atom is -0.265 e. The van der Waals surface area contributed by atoms with Crippen molar-refractivity contribution >= 4 is 23.7 Å². The van der Waals surface area contributed by atoms with Gasteiger partial charge >= 0.3 is 0 Å². The molecule has 0 saturated heterocycles. The van der Waals surface area contributed by atoms with Crippen LogP contribution in [0, 0.1) is 0 Å². The molecule has 3 heteroatoms. The summed E-state index contributed by atoms with van der Waals surface area (Å²) in [5.41, 5.74) is 2.03. The van der Waals surface area contributed by atoms with Crippen LogP contribution < -0.4 is 0 Å². The molecule has 0 unspecified atom stereocenters. The highest BCUT2D eigenvalue weighted by atomic mass is 32.2. The highest BCUT2D eigenvalue weighted by Gasteiger charge is 1.90. The molecule has 2 rings (SSSR count). The predicted octanol–water partition coefficient (Wildman–Crippen LogP) is 3.55. The summed E-state index contributed by atoms with van der Waals surface area (Å²) in [5, 5.41) is 0. The molecule has 0 aliphatic heterocycles. The van der Waals surface area contributed by atoms with Crippen LogP contribution in [0.3, 0.4) is 0 Å². The summed E-state index contributed by atoms with van der Waals surface area (Å²) < 4.78 is 0. The minimum absolute atomic E-state index is 0.967. The van der Waals surface area contributed by atoms with Gasteiger partial charge in [0.1, 0.15) is 0 Å². The van der Waals surface area contributed by atoms with Crippen molar-refractivity contribution in [3.8, 4) is 0 Å². The minimum atomic E-state index is 0.967. The fourth-order valence-electron chi connectivity index (χ4n) is 1.27. The Balaban J connectivity index is 2.12. The molecule has 0 bridgehead atoms. The van der Waals surface area contributed by atoms with Gasteiger partial charge in [-0.05, 0) is 48.2 Å². The molecule has 2 aromatic rings. The van der Waals surface area contributed by atoms with Crippen LogP contribution in [-0.4, -0.2) is 17.5 Å². The molecule has 0 N–H and O–H groups in total. The van der Waals surface area contributed by atoms with Gasteiger partial charge in [0, 0.05) is 23.5 Å². The number of pyridine rings is 1. The lowest BCUT2D eigenvalue weighted by Crippen LogP contribution is -1.79. The summed E-state index contributed by atoms with van der Waals surface area (Å²) in [6.07, 6.45) is 7.43. The van der Waals surface area contributed by atoms with Gasteiger partial charge in [0.05, 0.1) is 5.69 Å². The zero-order valence-corrected chi connectivity index (χ0v) is 9.82. The van der Waals surface area contributed by atoms with Gasteiger partial charge in [-0.3, -0.25) is 9.98 Å². The molecular formula is C13H12N2S. The van der Waals surface area contributed by atoms with E-state index in [0.29, 0.717) is 0 Å². The summed E-state index contributed by atoms with van der Waals surface area (Å²) in [7, 11) is 0. The summed E-state index contributed by atoms with van der Waals surface area (Å²) >= 11 is 1.73. The molecular weight excluding hydrogens is 216 g/mol. The van der Waals surface area contributed by atoms with E-state index in [4.69, 9.17) is 0 Å². The summed E-state index contributed by atoms with van der Waals surface area (Å²) in [6, 6.07) is 12.0. The van der Waals surface area contributed by atoms with E-state index >= 15 is 0 Å². The maximum atomic E-state index is 4.39. The lowest BCUT2D eigenvalue weighted by Gasteiger charge is -1.96. The van der Waals surface area contributed by atoms with E-state index in [0.717, 1.165) is 11.3 Å². The van der Waals surface area contributed by atoms with Crippen LogP contribution in [0.2, 0.25) is 0 Å². The Morgan fingerprint density at radius 2 is 1.75 bits per heavy atom. The number of hydrogen-bond acceptors (Lipinski definition) is 3. The third-order valence-corrected chi connectivity index (χ3v) is 2.88. The number of thioether (sulfide) groups is 1. The summed E-state index contributed by atoms with van der Waals surface area (Å²) in [6.45, 7) is 0. The highest BCUT2D eigenvalue weighted by molar-refractivity contribution is 7.98. The average Bonchev–Trinajstić information content (AvgIpc) is 2.38. The van der Waals surface area contributed by atoms with Crippen LogP contribution in [0.15, 0.2) is 58.7 Å². The molecule has 16 heavy (non-hydrogen) atoms. The van der Waals surface area contributed by atoms with Gasteiger partial charge < -0.3 is 0 Å². The van der Waals surface area contributed by atoms with Gasteiger partial charge in [-0.15, -0.1) is 11.8 Å². The second-order valence-corrected chi connectivity index (χ2v) is 4.12. The van der Waals surface area contributed by atoms with Crippen molar-refractivity contribution in [3.63, 3.8) is 0 Å². The number of aromatic nitrogens is 1. The van der Waals surface area contributed by atoms with Crippen LogP contribution in [0.5, 0.6) is 0 Å². The molecule has 0 radical (unpaired) electrons. The zero-order chi connectivity index (χ0) is 11.2. The Morgan fingerprint density at radius 3 is 2.38 bits per heavy atom. The van der Waals surface area contributed by atoms with Crippen LogP contribution in [0.1, 0.15) is 5.56 Å². The highest BCUT2D eigenvalue weighted by Crippen LogP contribution is 2.19. The third kappa shape index (κ3) is 2.94. The van der Waals surface area contributed by atoms with E-state index in [9.17, 15) is 0 Å². The first-order valence-corrected chi connectivity index (χ1v) is 6.19. The Bertz CT molecular complexity index is 463. The molecule has 1 heterocycles. The Labute approximate surface area is 99.5 Å². The molecule has 0 spiro atoms. The number of benzene rings is 1. The van der Waals surface area contributed by atoms with Crippen molar-refractivity contribution in [2.45, 2.75) is 4.90 Å². The van der Waals surface area contributed by atoms with Crippen LogP contribution in [0.25, 0.3) is 0 Å². The van der Waals surface area contributed by atoms with Crippen LogP contribution in [0.4, 0.5) is 5.69 Å². The summed E-state index contributed by atoms with van der Waals surface area (Å²) in [5.74, 6) is 0. The molecule has 2 nitrogen and oxygen atoms in total. The lowest BCUT2D eigenvalue weighted by atomic mass is 10.3. The van der Waals surface area contributed by atoms with Gasteiger partial charge in [-0.1, -0.05) is 0 Å². The average molecular weight is 228 g/mol. The molecule has 0 fully saturated rings. The van der Waals surface area contributed by atoms with Gasteiger partial charge in [0.2, 0.25) is 0 Å². The number of aliphatic imine (C=N–C) groups is 1. The standard InChI is InChI=1S/C13H12N2S/c1-16-13-4-2-12(3-5-13)15-10-11-6-8-14-9-7-11/h2-10H,1H3. The van der Waals surface area contributed by atoms with Gasteiger partial charge in [-0.25, -0.2) is 0 Å². The maximum absolute atomic E-state index is 4.39. The second kappa shape index (κ2) is 5.47. The van der Waals surface area contributed by atoms with E-state index in [1.54, 1.807) is 24.2 Å². The third-order valence-electron chi connectivity index (χ3n) is 2.14. The van der Waals surface area contributed by atoms with Crippen molar-refractivity contribution in [2.75, 3.05) is 6.26 Å². The molecule has 0 amide bonds. The molecule has 1 aromatic heterocycles. The van der Waals surface area contributed by atoms with Crippen molar-refractivity contribution in [3.05, 3.63) is 54.4 Å². The normalized spacial score (nSPS) is 10.8. The van der Waals surface area contributed by atoms with E-state index in [1.165, 1.54) is 4.90 Å². The zero-order valence-electron chi connectivity index (χ0n) is 9.00. The Morgan fingerprint density at radius 1 is 1.06 bits per heavy atom. The Kier molecular flexibility index (Phi) is 3.72. The SMILES string of the molecule is CSc1ccc(N=Cc2ccncc2)cc1. The largest absolute Gasteiger partial charge is 0.265 e. The first kappa shape index (κ1) is 10.9. The van der Waals surface area contributed by atoms with Crippen molar-refractivity contribution < 1.29 is 0 Å². The van der Waals surface area contributed by atoms with Crippen LogP contribution >= 0.6 is 11.8 Å². The van der Waals surface area contributed by atoms with Crippen molar-refractivity contribution in [2.24, 2.45) is 4.99 Å². The molecule has 1 aromatic carbocycles. The molecule has 80 valence electrons. The maximum Gasteiger partial charge on any atom is 0.0630 e.